The highest BCUT2D eigenvalue weighted by Crippen LogP contribution is 2.30. The molecule has 1 aliphatic heterocycles. The lowest BCUT2D eigenvalue weighted by atomic mass is 10.0. The molecule has 1 aromatic rings. The standard InChI is InChI=1S/C16H26N2O2/c1-4-17-15(12-18-9-5-6-10-18)14-11-13(19-2)7-8-16(14)20-3/h7-8,11,15,17H,4-6,9-10,12H2,1-3H3. The zero-order chi connectivity index (χ0) is 14.4. The first-order chi connectivity index (χ1) is 9.78. The van der Waals surface area contributed by atoms with E-state index in [1.807, 2.05) is 12.1 Å². The van der Waals surface area contributed by atoms with E-state index < -0.39 is 0 Å². The lowest BCUT2D eigenvalue weighted by Crippen LogP contribution is -2.33. The van der Waals surface area contributed by atoms with E-state index in [0.29, 0.717) is 0 Å². The minimum atomic E-state index is 0.281. The summed E-state index contributed by atoms with van der Waals surface area (Å²) in [7, 11) is 3.43. The fourth-order valence-corrected chi connectivity index (χ4v) is 2.85. The third-order valence-corrected chi connectivity index (χ3v) is 3.90. The van der Waals surface area contributed by atoms with Gasteiger partial charge in [0, 0.05) is 18.2 Å². The van der Waals surface area contributed by atoms with Crippen LogP contribution in [0.1, 0.15) is 31.4 Å². The van der Waals surface area contributed by atoms with Crippen LogP contribution in [0.2, 0.25) is 0 Å². The van der Waals surface area contributed by atoms with Gasteiger partial charge in [0.2, 0.25) is 0 Å². The average molecular weight is 278 g/mol. The summed E-state index contributed by atoms with van der Waals surface area (Å²) in [6.07, 6.45) is 2.63. The van der Waals surface area contributed by atoms with Gasteiger partial charge in [0.25, 0.3) is 0 Å². The van der Waals surface area contributed by atoms with Crippen molar-refractivity contribution in [1.82, 2.24) is 10.2 Å². The van der Waals surface area contributed by atoms with Gasteiger partial charge in [-0.25, -0.2) is 0 Å². The predicted molar refractivity (Wildman–Crippen MR) is 81.6 cm³/mol. The summed E-state index contributed by atoms with van der Waals surface area (Å²) in [5.41, 5.74) is 1.18. The molecule has 1 fully saturated rings. The van der Waals surface area contributed by atoms with Crippen LogP contribution in [0.4, 0.5) is 0 Å². The largest absolute Gasteiger partial charge is 0.497 e. The number of likely N-dealkylation sites (tertiary alicyclic amines) is 1. The molecule has 20 heavy (non-hydrogen) atoms. The van der Waals surface area contributed by atoms with Gasteiger partial charge in [0.15, 0.2) is 0 Å². The van der Waals surface area contributed by atoms with Crippen molar-refractivity contribution in [1.29, 1.82) is 0 Å². The number of likely N-dealkylation sites (N-methyl/N-ethyl adjacent to an activating group) is 1. The van der Waals surface area contributed by atoms with Gasteiger partial charge in [-0.3, -0.25) is 0 Å². The summed E-state index contributed by atoms with van der Waals surface area (Å²) in [4.78, 5) is 2.52. The SMILES string of the molecule is CCNC(CN1CCCC1)c1cc(OC)ccc1OC. The Hall–Kier alpha value is -1.26. The first-order valence-electron chi connectivity index (χ1n) is 7.46. The highest BCUT2D eigenvalue weighted by atomic mass is 16.5. The summed E-state index contributed by atoms with van der Waals surface area (Å²) in [5, 5.41) is 3.57. The van der Waals surface area contributed by atoms with Crippen molar-refractivity contribution in [3.05, 3.63) is 23.8 Å². The maximum atomic E-state index is 5.52. The van der Waals surface area contributed by atoms with Gasteiger partial charge in [-0.1, -0.05) is 6.92 Å². The predicted octanol–water partition coefficient (Wildman–Crippen LogP) is 2.45. The number of benzene rings is 1. The van der Waals surface area contributed by atoms with Gasteiger partial charge in [-0.2, -0.15) is 0 Å². The van der Waals surface area contributed by atoms with Gasteiger partial charge >= 0.3 is 0 Å². The van der Waals surface area contributed by atoms with Crippen molar-refractivity contribution in [2.75, 3.05) is 40.4 Å². The Balaban J connectivity index is 2.21. The molecule has 0 saturated carbocycles. The summed E-state index contributed by atoms with van der Waals surface area (Å²) < 4.78 is 10.9. The van der Waals surface area contributed by atoms with E-state index in [2.05, 4.69) is 23.2 Å². The summed E-state index contributed by atoms with van der Waals surface area (Å²) in [6, 6.07) is 6.30. The normalized spacial score (nSPS) is 17.1. The Morgan fingerprint density at radius 2 is 1.95 bits per heavy atom. The van der Waals surface area contributed by atoms with E-state index in [9.17, 15) is 0 Å². The molecule has 4 heteroatoms. The lowest BCUT2D eigenvalue weighted by Gasteiger charge is -2.26. The van der Waals surface area contributed by atoms with Crippen LogP contribution >= 0.6 is 0 Å². The zero-order valence-electron chi connectivity index (χ0n) is 12.8. The Morgan fingerprint density at radius 1 is 1.20 bits per heavy atom. The highest BCUT2D eigenvalue weighted by molar-refractivity contribution is 5.42. The van der Waals surface area contributed by atoms with E-state index in [1.54, 1.807) is 14.2 Å². The molecular formula is C16H26N2O2. The second kappa shape index (κ2) is 7.50. The van der Waals surface area contributed by atoms with Crippen LogP contribution in [-0.4, -0.2) is 45.3 Å². The number of nitrogens with one attached hydrogen (secondary N) is 1. The smallest absolute Gasteiger partial charge is 0.123 e. The van der Waals surface area contributed by atoms with Gasteiger partial charge in [0.05, 0.1) is 14.2 Å². The van der Waals surface area contributed by atoms with Crippen LogP contribution < -0.4 is 14.8 Å². The number of rotatable bonds is 7. The number of hydrogen-bond donors (Lipinski definition) is 1. The lowest BCUT2D eigenvalue weighted by molar-refractivity contribution is 0.289. The molecule has 0 amide bonds. The molecule has 1 aliphatic rings. The fourth-order valence-electron chi connectivity index (χ4n) is 2.85. The first kappa shape index (κ1) is 15.1. The third kappa shape index (κ3) is 3.64. The van der Waals surface area contributed by atoms with Crippen LogP contribution in [0, 0.1) is 0 Å². The Labute approximate surface area is 122 Å². The van der Waals surface area contributed by atoms with Crippen LogP contribution in [-0.2, 0) is 0 Å². The quantitative estimate of drug-likeness (QED) is 0.830. The first-order valence-corrected chi connectivity index (χ1v) is 7.46. The van der Waals surface area contributed by atoms with Gasteiger partial charge < -0.3 is 19.7 Å². The molecule has 0 spiro atoms. The minimum Gasteiger partial charge on any atom is -0.497 e. The van der Waals surface area contributed by atoms with Crippen LogP contribution in [0.3, 0.4) is 0 Å². The Morgan fingerprint density at radius 3 is 2.55 bits per heavy atom. The van der Waals surface area contributed by atoms with Crippen molar-refractivity contribution < 1.29 is 9.47 Å². The maximum absolute atomic E-state index is 5.52. The highest BCUT2D eigenvalue weighted by Gasteiger charge is 2.21. The second-order valence-corrected chi connectivity index (χ2v) is 5.23. The van der Waals surface area contributed by atoms with Gasteiger partial charge in [-0.05, 0) is 50.7 Å². The van der Waals surface area contributed by atoms with Crippen LogP contribution in [0.25, 0.3) is 0 Å². The second-order valence-electron chi connectivity index (χ2n) is 5.23. The maximum Gasteiger partial charge on any atom is 0.123 e. The molecular weight excluding hydrogens is 252 g/mol. The summed E-state index contributed by atoms with van der Waals surface area (Å²) in [6.45, 7) is 6.52. The molecule has 0 aromatic heterocycles. The molecule has 0 bridgehead atoms. The van der Waals surface area contributed by atoms with Crippen LogP contribution in [0.15, 0.2) is 18.2 Å². The molecule has 1 unspecified atom stereocenters. The van der Waals surface area contributed by atoms with Crippen molar-refractivity contribution in [3.63, 3.8) is 0 Å². The summed E-state index contributed by atoms with van der Waals surface area (Å²) in [5.74, 6) is 1.81. The number of nitrogens with zero attached hydrogens (tertiary/aromatic N) is 1. The summed E-state index contributed by atoms with van der Waals surface area (Å²) >= 11 is 0. The zero-order valence-corrected chi connectivity index (χ0v) is 12.8. The monoisotopic (exact) mass is 278 g/mol. The molecule has 2 rings (SSSR count). The molecule has 4 nitrogen and oxygen atoms in total. The van der Waals surface area contributed by atoms with Gasteiger partial charge in [-0.15, -0.1) is 0 Å². The number of ether oxygens (including phenoxy) is 2. The third-order valence-electron chi connectivity index (χ3n) is 3.90. The van der Waals surface area contributed by atoms with Crippen molar-refractivity contribution >= 4 is 0 Å². The van der Waals surface area contributed by atoms with Crippen molar-refractivity contribution in [2.45, 2.75) is 25.8 Å². The molecule has 0 radical (unpaired) electrons. The van der Waals surface area contributed by atoms with Crippen molar-refractivity contribution in [3.8, 4) is 11.5 Å². The van der Waals surface area contributed by atoms with E-state index in [4.69, 9.17) is 9.47 Å². The molecule has 0 aliphatic carbocycles. The molecule has 1 N–H and O–H groups in total. The van der Waals surface area contributed by atoms with Crippen LogP contribution in [0.5, 0.6) is 11.5 Å². The average Bonchev–Trinajstić information content (AvgIpc) is 2.99. The molecule has 112 valence electrons. The van der Waals surface area contributed by atoms with E-state index >= 15 is 0 Å². The van der Waals surface area contributed by atoms with Crippen molar-refractivity contribution in [2.24, 2.45) is 0 Å². The van der Waals surface area contributed by atoms with E-state index in [1.165, 1.54) is 31.5 Å². The fraction of sp³-hybridized carbons (Fsp3) is 0.625. The molecule has 1 heterocycles. The van der Waals surface area contributed by atoms with E-state index in [-0.39, 0.29) is 6.04 Å². The molecule has 1 saturated heterocycles. The molecule has 1 aromatic carbocycles. The minimum absolute atomic E-state index is 0.281. The van der Waals surface area contributed by atoms with Gasteiger partial charge in [0.1, 0.15) is 11.5 Å². The Kier molecular flexibility index (Phi) is 5.68. The number of hydrogen-bond acceptors (Lipinski definition) is 4. The van der Waals surface area contributed by atoms with E-state index in [0.717, 1.165) is 24.6 Å². The topological polar surface area (TPSA) is 33.7 Å². The Bertz CT molecular complexity index is 417. The molecule has 1 atom stereocenters. The number of methoxy groups -OCH3 is 2.